The number of halogens is 2. The van der Waals surface area contributed by atoms with E-state index in [2.05, 4.69) is 0 Å². The highest BCUT2D eigenvalue weighted by Crippen LogP contribution is 2.19. The van der Waals surface area contributed by atoms with Crippen molar-refractivity contribution in [2.45, 2.75) is 24.8 Å². The van der Waals surface area contributed by atoms with Gasteiger partial charge in [0.2, 0.25) is 0 Å². The molecule has 2 rings (SSSR count). The summed E-state index contributed by atoms with van der Waals surface area (Å²) in [5.41, 5.74) is 1.93. The molecule has 27 heavy (non-hydrogen) atoms. The van der Waals surface area contributed by atoms with Crippen LogP contribution >= 0.6 is 0 Å². The Bertz CT molecular complexity index is 904. The molecule has 2 aromatic rings. The molecule has 0 heterocycles. The Morgan fingerprint density at radius 2 is 1.74 bits per heavy atom. The number of nitrogens with one attached hydrogen (secondary N) is 2. The summed E-state index contributed by atoms with van der Waals surface area (Å²) in [6.45, 7) is 3.75. The van der Waals surface area contributed by atoms with Crippen molar-refractivity contribution in [3.63, 3.8) is 0 Å². The summed E-state index contributed by atoms with van der Waals surface area (Å²) in [6.07, 6.45) is -1.05. The first-order valence-corrected chi connectivity index (χ1v) is 9.37. The van der Waals surface area contributed by atoms with Crippen molar-refractivity contribution in [3.05, 3.63) is 54.1 Å². The molecule has 0 aliphatic rings. The number of sulfonamides is 1. The van der Waals surface area contributed by atoms with Crippen LogP contribution in [0.4, 0.5) is 8.78 Å². The van der Waals surface area contributed by atoms with Crippen LogP contribution in [0.1, 0.15) is 13.8 Å². The summed E-state index contributed by atoms with van der Waals surface area (Å²) in [6, 6.07) is 8.46. The summed E-state index contributed by atoms with van der Waals surface area (Å²) >= 11 is 0. The minimum absolute atomic E-state index is 0.369. The fourth-order valence-electron chi connectivity index (χ4n) is 2.01. The number of hydrazine groups is 1. The van der Waals surface area contributed by atoms with E-state index in [-0.39, 0.29) is 0 Å². The number of carbonyl (C=O) groups excluding carboxylic acids is 1. The third kappa shape index (κ3) is 5.63. The molecule has 2 aromatic carbocycles. The van der Waals surface area contributed by atoms with Crippen LogP contribution in [-0.4, -0.2) is 27.0 Å². The van der Waals surface area contributed by atoms with Crippen LogP contribution in [0, 0.1) is 11.6 Å². The van der Waals surface area contributed by atoms with Gasteiger partial charge in [0.1, 0.15) is 28.0 Å². The maximum Gasteiger partial charge on any atom is 0.275 e. The second-order valence-electron chi connectivity index (χ2n) is 5.33. The molecule has 0 aliphatic carbocycles. The van der Waals surface area contributed by atoms with Crippen LogP contribution in [-0.2, 0) is 14.8 Å². The van der Waals surface area contributed by atoms with Gasteiger partial charge in [0, 0.05) is 6.07 Å². The fourth-order valence-corrected chi connectivity index (χ4v) is 2.91. The van der Waals surface area contributed by atoms with Gasteiger partial charge in [-0.3, -0.25) is 10.2 Å². The van der Waals surface area contributed by atoms with Gasteiger partial charge in [-0.25, -0.2) is 17.2 Å². The molecule has 0 fully saturated rings. The second kappa shape index (κ2) is 8.78. The maximum absolute atomic E-state index is 13.6. The van der Waals surface area contributed by atoms with Crippen molar-refractivity contribution >= 4 is 15.9 Å². The largest absolute Gasteiger partial charge is 0.494 e. The molecule has 0 saturated carbocycles. The average molecular weight is 400 g/mol. The number of rotatable bonds is 8. The molecule has 146 valence electrons. The summed E-state index contributed by atoms with van der Waals surface area (Å²) < 4.78 is 61.2. The topological polar surface area (TPSA) is 93.7 Å². The van der Waals surface area contributed by atoms with Crippen molar-refractivity contribution in [2.75, 3.05) is 6.61 Å². The van der Waals surface area contributed by atoms with Crippen molar-refractivity contribution in [1.29, 1.82) is 0 Å². The number of hydrogen-bond donors (Lipinski definition) is 2. The molecule has 0 spiro atoms. The fraction of sp³-hybridized carbons (Fsp3) is 0.235. The Labute approximate surface area is 155 Å². The lowest BCUT2D eigenvalue weighted by Crippen LogP contribution is -2.47. The number of carbonyl (C=O) groups is 1. The van der Waals surface area contributed by atoms with Crippen LogP contribution in [0.2, 0.25) is 0 Å². The van der Waals surface area contributed by atoms with Crippen molar-refractivity contribution in [2.24, 2.45) is 0 Å². The van der Waals surface area contributed by atoms with Crippen molar-refractivity contribution in [1.82, 2.24) is 10.3 Å². The molecule has 0 bridgehead atoms. The minimum atomic E-state index is -4.42. The highest BCUT2D eigenvalue weighted by Gasteiger charge is 2.22. The lowest BCUT2D eigenvalue weighted by molar-refractivity contribution is -0.127. The van der Waals surface area contributed by atoms with Crippen LogP contribution in [0.3, 0.4) is 0 Å². The molecule has 0 unspecified atom stereocenters. The van der Waals surface area contributed by atoms with Crippen LogP contribution in [0.5, 0.6) is 11.5 Å². The zero-order valence-electron chi connectivity index (χ0n) is 14.5. The van der Waals surface area contributed by atoms with E-state index >= 15 is 0 Å². The first-order valence-electron chi connectivity index (χ1n) is 7.89. The molecule has 10 heteroatoms. The molecule has 0 aromatic heterocycles. The highest BCUT2D eigenvalue weighted by atomic mass is 32.2. The Kier molecular flexibility index (Phi) is 6.70. The van der Waals surface area contributed by atoms with Gasteiger partial charge in [-0.2, -0.15) is 0 Å². The summed E-state index contributed by atoms with van der Waals surface area (Å²) in [7, 11) is -4.42. The van der Waals surface area contributed by atoms with Crippen LogP contribution in [0.15, 0.2) is 47.4 Å². The van der Waals surface area contributed by atoms with E-state index in [1.54, 1.807) is 29.1 Å². The zero-order chi connectivity index (χ0) is 20.0. The number of hydrogen-bond acceptors (Lipinski definition) is 5. The van der Waals surface area contributed by atoms with E-state index in [1.165, 1.54) is 6.92 Å². The zero-order valence-corrected chi connectivity index (χ0v) is 15.3. The molecule has 0 aliphatic heterocycles. The van der Waals surface area contributed by atoms with Gasteiger partial charge in [-0.05, 0) is 50.2 Å². The van der Waals surface area contributed by atoms with E-state index in [9.17, 15) is 22.0 Å². The highest BCUT2D eigenvalue weighted by molar-refractivity contribution is 7.89. The van der Waals surface area contributed by atoms with Gasteiger partial charge in [0.15, 0.2) is 6.10 Å². The third-order valence-electron chi connectivity index (χ3n) is 3.31. The first-order chi connectivity index (χ1) is 12.7. The summed E-state index contributed by atoms with van der Waals surface area (Å²) in [5.74, 6) is -2.01. The monoisotopic (exact) mass is 400 g/mol. The lowest BCUT2D eigenvalue weighted by atomic mass is 10.3. The Balaban J connectivity index is 1.95. The van der Waals surface area contributed by atoms with E-state index in [0.717, 1.165) is 12.1 Å². The Morgan fingerprint density at radius 3 is 2.33 bits per heavy atom. The molecular weight excluding hydrogens is 382 g/mol. The van der Waals surface area contributed by atoms with Gasteiger partial charge in [0.25, 0.3) is 15.9 Å². The number of amides is 1. The standard InChI is InChI=1S/C17H18F2N2O5S/c1-3-25-13-5-7-14(8-6-13)26-11(2)17(22)20-21-27(23,24)16-9-4-12(18)10-15(16)19/h4-11,21H,3H2,1-2H3,(H,20,22)/t11-/m1/s1. The smallest absolute Gasteiger partial charge is 0.275 e. The first kappa shape index (κ1) is 20.6. The Hall–Kier alpha value is -2.72. The minimum Gasteiger partial charge on any atom is -0.494 e. The molecule has 1 atom stereocenters. The molecule has 0 saturated heterocycles. The van der Waals surface area contributed by atoms with Crippen LogP contribution in [0.25, 0.3) is 0 Å². The van der Waals surface area contributed by atoms with Gasteiger partial charge < -0.3 is 9.47 Å². The molecule has 1 amide bonds. The normalized spacial score (nSPS) is 12.3. The van der Waals surface area contributed by atoms with E-state index < -0.39 is 38.6 Å². The predicted molar refractivity (Wildman–Crippen MR) is 92.5 cm³/mol. The quantitative estimate of drug-likeness (QED) is 0.663. The predicted octanol–water partition coefficient (Wildman–Crippen LogP) is 2.14. The lowest BCUT2D eigenvalue weighted by Gasteiger charge is -2.15. The summed E-state index contributed by atoms with van der Waals surface area (Å²) in [4.78, 5) is 12.9. The van der Waals surface area contributed by atoms with Gasteiger partial charge in [-0.15, -0.1) is 4.83 Å². The molecule has 7 nitrogen and oxygen atoms in total. The average Bonchev–Trinajstić information content (AvgIpc) is 2.61. The van der Waals surface area contributed by atoms with E-state index in [0.29, 0.717) is 24.2 Å². The number of ether oxygens (including phenoxy) is 2. The van der Waals surface area contributed by atoms with Gasteiger partial charge in [-0.1, -0.05) is 0 Å². The molecular formula is C17H18F2N2O5S. The van der Waals surface area contributed by atoms with Crippen molar-refractivity contribution < 1.29 is 31.5 Å². The van der Waals surface area contributed by atoms with E-state index in [4.69, 9.17) is 9.47 Å². The second-order valence-corrected chi connectivity index (χ2v) is 6.98. The Morgan fingerprint density at radius 1 is 1.11 bits per heavy atom. The SMILES string of the molecule is CCOc1ccc(O[C@H](C)C(=O)NNS(=O)(=O)c2ccc(F)cc2F)cc1. The number of benzene rings is 2. The molecule has 0 radical (unpaired) electrons. The van der Waals surface area contributed by atoms with E-state index in [1.807, 2.05) is 12.3 Å². The van der Waals surface area contributed by atoms with Gasteiger partial charge >= 0.3 is 0 Å². The third-order valence-corrected chi connectivity index (χ3v) is 4.59. The molecule has 2 N–H and O–H groups in total. The maximum atomic E-state index is 13.6. The van der Waals surface area contributed by atoms with Crippen molar-refractivity contribution in [3.8, 4) is 11.5 Å². The van der Waals surface area contributed by atoms with Gasteiger partial charge in [0.05, 0.1) is 6.61 Å². The summed E-state index contributed by atoms with van der Waals surface area (Å²) in [5, 5.41) is 0. The van der Waals surface area contributed by atoms with Crippen LogP contribution < -0.4 is 19.7 Å².